The smallest absolute Gasteiger partial charge is 0.242 e. The van der Waals surface area contributed by atoms with Crippen LogP contribution in [0.3, 0.4) is 0 Å². The molecule has 0 spiro atoms. The first-order chi connectivity index (χ1) is 16.8. The molecule has 34 heavy (non-hydrogen) atoms. The number of para-hydroxylation sites is 3. The van der Waals surface area contributed by atoms with Crippen molar-refractivity contribution in [2.75, 3.05) is 13.2 Å². The predicted octanol–water partition coefficient (Wildman–Crippen LogP) is 5.81. The van der Waals surface area contributed by atoms with Crippen molar-refractivity contribution in [3.8, 4) is 17.4 Å². The Bertz CT molecular complexity index is 1270. The van der Waals surface area contributed by atoms with Gasteiger partial charge < -0.3 is 18.9 Å². The van der Waals surface area contributed by atoms with E-state index in [-0.39, 0.29) is 5.91 Å². The van der Waals surface area contributed by atoms with Crippen molar-refractivity contribution in [2.45, 2.75) is 38.8 Å². The van der Waals surface area contributed by atoms with Gasteiger partial charge in [0.15, 0.2) is 11.5 Å². The van der Waals surface area contributed by atoms with Crippen LogP contribution in [-0.4, -0.2) is 33.5 Å². The summed E-state index contributed by atoms with van der Waals surface area (Å²) in [4.78, 5) is 19.9. The Morgan fingerprint density at radius 3 is 2.65 bits per heavy atom. The van der Waals surface area contributed by atoms with Crippen LogP contribution in [0.1, 0.15) is 31.2 Å². The predicted molar refractivity (Wildman–Crippen MR) is 132 cm³/mol. The molecule has 0 radical (unpaired) electrons. The Kier molecular flexibility index (Phi) is 6.75. The molecule has 0 fully saturated rings. The number of ether oxygens (including phenoxy) is 2. The van der Waals surface area contributed by atoms with Gasteiger partial charge in [-0.15, -0.1) is 0 Å². The highest BCUT2D eigenvalue weighted by Gasteiger charge is 2.19. The molecule has 0 saturated heterocycles. The van der Waals surface area contributed by atoms with Crippen molar-refractivity contribution in [3.63, 3.8) is 0 Å². The molecular weight excluding hydrogens is 426 g/mol. The third kappa shape index (κ3) is 5.06. The molecule has 0 bridgehead atoms. The summed E-state index contributed by atoms with van der Waals surface area (Å²) in [6, 6.07) is 21.7. The fourth-order valence-corrected chi connectivity index (χ4v) is 4.36. The fourth-order valence-electron chi connectivity index (χ4n) is 4.36. The molecule has 2 aromatic heterocycles. The number of hydrogen-bond donors (Lipinski definition) is 0. The highest BCUT2D eigenvalue weighted by atomic mass is 16.5. The minimum atomic E-state index is 0.0898. The minimum absolute atomic E-state index is 0.0898. The number of carbonyl (C=O) groups is 1. The van der Waals surface area contributed by atoms with Crippen LogP contribution in [0.15, 0.2) is 79.1 Å². The molecule has 0 unspecified atom stereocenters. The normalized spacial score (nSPS) is 14.9. The number of nitrogens with zero attached hydrogens (tertiary/aromatic N) is 3. The Hall–Kier alpha value is -3.80. The van der Waals surface area contributed by atoms with Gasteiger partial charge in [0.25, 0.3) is 0 Å². The van der Waals surface area contributed by atoms with E-state index in [1.165, 1.54) is 0 Å². The van der Waals surface area contributed by atoms with E-state index in [1.807, 2.05) is 64.2 Å². The Morgan fingerprint density at radius 2 is 1.71 bits per heavy atom. The molecule has 0 aliphatic carbocycles. The molecule has 4 aromatic rings. The molecular formula is C28H29N3O3. The van der Waals surface area contributed by atoms with Crippen molar-refractivity contribution in [2.24, 2.45) is 0 Å². The first-order valence-corrected chi connectivity index (χ1v) is 11.9. The van der Waals surface area contributed by atoms with Gasteiger partial charge in [-0.3, -0.25) is 4.79 Å². The van der Waals surface area contributed by atoms with Crippen LogP contribution in [0.4, 0.5) is 0 Å². The van der Waals surface area contributed by atoms with E-state index in [4.69, 9.17) is 9.47 Å². The fraction of sp³-hybridized carbons (Fsp3) is 0.286. The number of benzene rings is 2. The Balaban J connectivity index is 1.42. The highest BCUT2D eigenvalue weighted by Crippen LogP contribution is 2.32. The number of amides is 1. The molecule has 0 N–H and O–H groups in total. The average Bonchev–Trinajstić information content (AvgIpc) is 3.27. The Labute approximate surface area is 199 Å². The number of hydrogen-bond acceptors (Lipinski definition) is 4. The minimum Gasteiger partial charge on any atom is -0.490 e. The second-order valence-corrected chi connectivity index (χ2v) is 8.60. The maximum Gasteiger partial charge on any atom is 0.242 e. The number of carbonyl (C=O) groups excluding carboxylic acids is 1. The summed E-state index contributed by atoms with van der Waals surface area (Å²) in [6.45, 7) is 2.09. The average molecular weight is 456 g/mol. The lowest BCUT2D eigenvalue weighted by molar-refractivity contribution is -0.132. The summed E-state index contributed by atoms with van der Waals surface area (Å²) in [5, 5.41) is 1.14. The molecule has 1 aliphatic rings. The highest BCUT2D eigenvalue weighted by molar-refractivity contribution is 5.83. The van der Waals surface area contributed by atoms with Gasteiger partial charge in [-0.05, 0) is 48.6 Å². The second kappa shape index (κ2) is 10.4. The summed E-state index contributed by atoms with van der Waals surface area (Å²) in [6.07, 6.45) is 7.73. The largest absolute Gasteiger partial charge is 0.490 e. The number of pyridine rings is 1. The first-order valence-electron chi connectivity index (χ1n) is 11.9. The van der Waals surface area contributed by atoms with Gasteiger partial charge in [0.1, 0.15) is 6.54 Å². The van der Waals surface area contributed by atoms with E-state index in [2.05, 4.69) is 23.2 Å². The van der Waals surface area contributed by atoms with E-state index in [0.29, 0.717) is 43.6 Å². The quantitative estimate of drug-likeness (QED) is 0.383. The standard InChI is InChI=1S/C28H29N3O3/c32-27(21-30-18-15-22-10-3-4-12-24(22)30)31-17-7-1-2-8-19-33-25-13-5-6-14-26(25)34-28-23(20-31)11-9-16-29-28/h3-6,9-16,18H,1-2,7-8,17,19-21H2. The zero-order chi connectivity index (χ0) is 23.2. The van der Waals surface area contributed by atoms with Gasteiger partial charge in [-0.1, -0.05) is 49.2 Å². The first kappa shape index (κ1) is 22.0. The lowest BCUT2D eigenvalue weighted by Gasteiger charge is -2.25. The SMILES string of the molecule is O=C(Cn1ccc2ccccc21)N1CCCCCCOc2ccccc2Oc2ncccc2C1. The molecule has 5 rings (SSSR count). The molecule has 0 atom stereocenters. The molecule has 6 heteroatoms. The van der Waals surface area contributed by atoms with Crippen LogP contribution in [0.2, 0.25) is 0 Å². The van der Waals surface area contributed by atoms with Crippen molar-refractivity contribution < 1.29 is 14.3 Å². The summed E-state index contributed by atoms with van der Waals surface area (Å²) in [5.41, 5.74) is 1.94. The van der Waals surface area contributed by atoms with Gasteiger partial charge in [0.2, 0.25) is 11.8 Å². The van der Waals surface area contributed by atoms with Gasteiger partial charge >= 0.3 is 0 Å². The lowest BCUT2D eigenvalue weighted by Crippen LogP contribution is -2.34. The van der Waals surface area contributed by atoms with Crippen molar-refractivity contribution in [3.05, 3.63) is 84.7 Å². The van der Waals surface area contributed by atoms with Gasteiger partial charge in [-0.2, -0.15) is 0 Å². The van der Waals surface area contributed by atoms with Crippen LogP contribution >= 0.6 is 0 Å². The molecule has 3 heterocycles. The molecule has 2 aromatic carbocycles. The van der Waals surface area contributed by atoms with Gasteiger partial charge in [0.05, 0.1) is 13.2 Å². The second-order valence-electron chi connectivity index (χ2n) is 8.60. The van der Waals surface area contributed by atoms with Crippen LogP contribution in [0, 0.1) is 0 Å². The van der Waals surface area contributed by atoms with E-state index in [1.54, 1.807) is 6.20 Å². The number of fused-ring (bicyclic) bond motifs is 3. The van der Waals surface area contributed by atoms with Crippen molar-refractivity contribution in [1.82, 2.24) is 14.5 Å². The van der Waals surface area contributed by atoms with Crippen LogP contribution in [0.5, 0.6) is 17.4 Å². The zero-order valence-electron chi connectivity index (χ0n) is 19.2. The van der Waals surface area contributed by atoms with Crippen molar-refractivity contribution in [1.29, 1.82) is 0 Å². The monoisotopic (exact) mass is 455 g/mol. The van der Waals surface area contributed by atoms with E-state index >= 15 is 0 Å². The third-order valence-electron chi connectivity index (χ3n) is 6.19. The van der Waals surface area contributed by atoms with E-state index < -0.39 is 0 Å². The maximum atomic E-state index is 13.5. The summed E-state index contributed by atoms with van der Waals surface area (Å²) in [5.74, 6) is 1.94. The van der Waals surface area contributed by atoms with Gasteiger partial charge in [-0.25, -0.2) is 4.98 Å². The van der Waals surface area contributed by atoms with Crippen LogP contribution < -0.4 is 9.47 Å². The molecule has 1 aliphatic heterocycles. The topological polar surface area (TPSA) is 56.6 Å². The molecule has 174 valence electrons. The molecule has 1 amide bonds. The van der Waals surface area contributed by atoms with Gasteiger partial charge in [0, 0.05) is 30.0 Å². The van der Waals surface area contributed by atoms with E-state index in [9.17, 15) is 4.79 Å². The molecule has 0 saturated carbocycles. The van der Waals surface area contributed by atoms with Crippen LogP contribution in [-0.2, 0) is 17.9 Å². The van der Waals surface area contributed by atoms with Crippen molar-refractivity contribution >= 4 is 16.8 Å². The maximum absolute atomic E-state index is 13.5. The molecule has 6 nitrogen and oxygen atoms in total. The third-order valence-corrected chi connectivity index (χ3v) is 6.19. The summed E-state index contributed by atoms with van der Waals surface area (Å²) >= 11 is 0. The number of aromatic nitrogens is 2. The lowest BCUT2D eigenvalue weighted by atomic mass is 10.1. The van der Waals surface area contributed by atoms with E-state index in [0.717, 1.165) is 42.1 Å². The summed E-state index contributed by atoms with van der Waals surface area (Å²) < 4.78 is 14.2. The summed E-state index contributed by atoms with van der Waals surface area (Å²) in [7, 11) is 0. The number of rotatable bonds is 2. The zero-order valence-corrected chi connectivity index (χ0v) is 19.2. The Morgan fingerprint density at radius 1 is 0.882 bits per heavy atom. The van der Waals surface area contributed by atoms with Crippen LogP contribution in [0.25, 0.3) is 10.9 Å².